The van der Waals surface area contributed by atoms with Gasteiger partial charge in [-0.2, -0.15) is 0 Å². The molecule has 0 saturated carbocycles. The predicted octanol–water partition coefficient (Wildman–Crippen LogP) is 4.97. The summed E-state index contributed by atoms with van der Waals surface area (Å²) in [6, 6.07) is 14.6. The number of hydrogen-bond donors (Lipinski definition) is 1. The lowest BCUT2D eigenvalue weighted by Crippen LogP contribution is -1.97. The van der Waals surface area contributed by atoms with Crippen LogP contribution in [0, 0.1) is 13.8 Å². The van der Waals surface area contributed by atoms with Gasteiger partial charge in [0.1, 0.15) is 11.2 Å². The van der Waals surface area contributed by atoms with Gasteiger partial charge >= 0.3 is 11.9 Å². The molecular weight excluding hydrogens is 348 g/mol. The van der Waals surface area contributed by atoms with Crippen molar-refractivity contribution in [2.45, 2.75) is 13.8 Å². The zero-order valence-electron chi connectivity index (χ0n) is 15.1. The molecule has 0 amide bonds. The van der Waals surface area contributed by atoms with Gasteiger partial charge in [0.05, 0.1) is 7.11 Å². The first kappa shape index (κ1) is 18.3. The van der Waals surface area contributed by atoms with Crippen molar-refractivity contribution in [2.75, 3.05) is 7.11 Å². The molecule has 0 aliphatic rings. The van der Waals surface area contributed by atoms with Gasteiger partial charge in [-0.3, -0.25) is 0 Å². The first-order chi connectivity index (χ1) is 12.9. The van der Waals surface area contributed by atoms with Gasteiger partial charge in [0.25, 0.3) is 0 Å². The Morgan fingerprint density at radius 3 is 1.78 bits per heavy atom. The van der Waals surface area contributed by atoms with Crippen LogP contribution in [0.5, 0.6) is 0 Å². The van der Waals surface area contributed by atoms with Crippen molar-refractivity contribution in [2.24, 2.45) is 0 Å². The summed E-state index contributed by atoms with van der Waals surface area (Å²) in [5, 5.41) is 10.4. The number of hydrogen-bond acceptors (Lipinski definition) is 5. The van der Waals surface area contributed by atoms with Gasteiger partial charge in [-0.05, 0) is 49.2 Å². The molecule has 0 unspecified atom stereocenters. The molecular formula is C21H18O6. The van der Waals surface area contributed by atoms with Crippen LogP contribution >= 0.6 is 0 Å². The van der Waals surface area contributed by atoms with Crippen LogP contribution in [0.1, 0.15) is 32.2 Å². The molecule has 0 saturated heterocycles. The molecule has 2 aromatic carbocycles. The first-order valence-corrected chi connectivity index (χ1v) is 8.19. The number of carboxylic acids is 1. The maximum atomic E-state index is 11.2. The number of furan rings is 2. The summed E-state index contributed by atoms with van der Waals surface area (Å²) in [5.41, 5.74) is 3.49. The molecule has 27 heavy (non-hydrogen) atoms. The summed E-state index contributed by atoms with van der Waals surface area (Å²) in [6.07, 6.45) is 0. The van der Waals surface area contributed by atoms with Gasteiger partial charge in [-0.15, -0.1) is 0 Å². The number of esters is 1. The third-order valence-corrected chi connectivity index (χ3v) is 3.95. The second-order valence-electron chi connectivity index (χ2n) is 6.10. The van der Waals surface area contributed by atoms with Crippen LogP contribution < -0.4 is 0 Å². The molecule has 6 nitrogen and oxygen atoms in total. The maximum Gasteiger partial charge on any atom is 0.373 e. The fourth-order valence-corrected chi connectivity index (χ4v) is 2.58. The number of carboxylic acid groups (broad SMARTS) is 1. The normalized spacial score (nSPS) is 10.5. The number of carbonyl (C=O) groups is 2. The lowest BCUT2D eigenvalue weighted by molar-refractivity contribution is 0.0567. The van der Waals surface area contributed by atoms with Gasteiger partial charge < -0.3 is 18.7 Å². The van der Waals surface area contributed by atoms with E-state index in [0.717, 1.165) is 21.9 Å². The summed E-state index contributed by atoms with van der Waals surface area (Å²) in [6.45, 7) is 3.90. The van der Waals surface area contributed by atoms with Crippen molar-refractivity contribution in [3.05, 3.63) is 71.2 Å². The summed E-state index contributed by atoms with van der Waals surface area (Å²) in [4.78, 5) is 21.7. The van der Waals surface area contributed by atoms with E-state index in [-0.39, 0.29) is 11.5 Å². The van der Waals surface area contributed by atoms with E-state index in [1.807, 2.05) is 50.2 Å². The van der Waals surface area contributed by atoms with Gasteiger partial charge in [0.2, 0.25) is 11.5 Å². The minimum atomic E-state index is -1.03. The van der Waals surface area contributed by atoms with Gasteiger partial charge in [0, 0.05) is 10.8 Å². The smallest absolute Gasteiger partial charge is 0.373 e. The molecule has 4 aromatic rings. The van der Waals surface area contributed by atoms with Gasteiger partial charge in [-0.1, -0.05) is 24.3 Å². The fraction of sp³-hybridized carbons (Fsp3) is 0.143. The van der Waals surface area contributed by atoms with E-state index in [9.17, 15) is 9.59 Å². The predicted molar refractivity (Wildman–Crippen MR) is 100 cm³/mol. The van der Waals surface area contributed by atoms with Crippen LogP contribution in [0.2, 0.25) is 0 Å². The number of aromatic carboxylic acids is 1. The topological polar surface area (TPSA) is 89.9 Å². The van der Waals surface area contributed by atoms with E-state index in [4.69, 9.17) is 13.9 Å². The van der Waals surface area contributed by atoms with Crippen molar-refractivity contribution in [1.29, 1.82) is 0 Å². The third kappa shape index (κ3) is 4.00. The van der Waals surface area contributed by atoms with E-state index in [1.54, 1.807) is 6.07 Å². The Morgan fingerprint density at radius 2 is 1.30 bits per heavy atom. The number of carbonyl (C=O) groups excluding carboxylic acids is 1. The summed E-state index contributed by atoms with van der Waals surface area (Å²) < 4.78 is 15.0. The second-order valence-corrected chi connectivity index (χ2v) is 6.10. The van der Waals surface area contributed by atoms with Crippen molar-refractivity contribution < 1.29 is 28.3 Å². The molecule has 0 aliphatic carbocycles. The average molecular weight is 366 g/mol. The summed E-state index contributed by atoms with van der Waals surface area (Å²) >= 11 is 0. The molecule has 1 N–H and O–H groups in total. The standard InChI is InChI=1S/C11H10O3.C10H8O3/c1-7-3-4-8-6-10(11(12)13-2)14-9(8)5-7;1-6-2-3-7-5-9(10(11)12)13-8(7)4-6/h3-6H,1-2H3;2-5H,1H3,(H,11,12). The highest BCUT2D eigenvalue weighted by Gasteiger charge is 2.12. The van der Waals surface area contributed by atoms with Crippen LogP contribution in [0.4, 0.5) is 0 Å². The molecule has 2 heterocycles. The Morgan fingerprint density at radius 1 is 0.815 bits per heavy atom. The summed E-state index contributed by atoms with van der Waals surface area (Å²) in [7, 11) is 1.33. The van der Waals surface area contributed by atoms with E-state index in [2.05, 4.69) is 4.74 Å². The number of rotatable bonds is 2. The number of aryl methyl sites for hydroxylation is 2. The third-order valence-electron chi connectivity index (χ3n) is 3.95. The summed E-state index contributed by atoms with van der Waals surface area (Å²) in [5.74, 6) is -1.25. The van der Waals surface area contributed by atoms with E-state index in [0.29, 0.717) is 11.2 Å². The monoisotopic (exact) mass is 366 g/mol. The number of fused-ring (bicyclic) bond motifs is 2. The van der Waals surface area contributed by atoms with Crippen molar-refractivity contribution in [1.82, 2.24) is 0 Å². The lowest BCUT2D eigenvalue weighted by Gasteiger charge is -1.91. The van der Waals surface area contributed by atoms with Crippen LogP contribution in [0.3, 0.4) is 0 Å². The Kier molecular flexibility index (Phi) is 4.98. The number of benzene rings is 2. The van der Waals surface area contributed by atoms with Crippen LogP contribution in [-0.2, 0) is 4.74 Å². The Bertz CT molecular complexity index is 1130. The van der Waals surface area contributed by atoms with E-state index in [1.165, 1.54) is 13.2 Å². The molecule has 0 aliphatic heterocycles. The fourth-order valence-electron chi connectivity index (χ4n) is 2.58. The zero-order chi connectivity index (χ0) is 19.6. The van der Waals surface area contributed by atoms with Crippen molar-refractivity contribution in [3.63, 3.8) is 0 Å². The Balaban J connectivity index is 0.000000156. The largest absolute Gasteiger partial charge is 0.475 e. The highest BCUT2D eigenvalue weighted by Crippen LogP contribution is 2.21. The van der Waals surface area contributed by atoms with Gasteiger partial charge in [0.15, 0.2) is 0 Å². The highest BCUT2D eigenvalue weighted by molar-refractivity contribution is 5.93. The van der Waals surface area contributed by atoms with Gasteiger partial charge in [-0.25, -0.2) is 9.59 Å². The Hall–Kier alpha value is -3.54. The SMILES string of the molecule is COC(=O)c1cc2ccc(C)cc2o1.Cc1ccc2cc(C(=O)O)oc2c1. The van der Waals surface area contributed by atoms with E-state index >= 15 is 0 Å². The minimum absolute atomic E-state index is 0.0133. The van der Waals surface area contributed by atoms with Crippen molar-refractivity contribution in [3.8, 4) is 0 Å². The average Bonchev–Trinajstić information content (AvgIpc) is 3.24. The molecule has 0 fully saturated rings. The van der Waals surface area contributed by atoms with Crippen LogP contribution in [-0.4, -0.2) is 24.2 Å². The zero-order valence-corrected chi connectivity index (χ0v) is 15.1. The minimum Gasteiger partial charge on any atom is -0.475 e. The molecule has 138 valence electrons. The maximum absolute atomic E-state index is 11.2. The Labute approximate surface area is 155 Å². The molecule has 0 bridgehead atoms. The molecule has 0 atom stereocenters. The van der Waals surface area contributed by atoms with Crippen LogP contribution in [0.25, 0.3) is 21.9 Å². The van der Waals surface area contributed by atoms with Crippen molar-refractivity contribution >= 4 is 33.9 Å². The second kappa shape index (κ2) is 7.37. The molecule has 0 spiro atoms. The molecule has 4 rings (SSSR count). The quantitative estimate of drug-likeness (QED) is 0.504. The molecule has 6 heteroatoms. The number of ether oxygens (including phenoxy) is 1. The first-order valence-electron chi connectivity index (χ1n) is 8.19. The van der Waals surface area contributed by atoms with Crippen LogP contribution in [0.15, 0.2) is 57.4 Å². The highest BCUT2D eigenvalue weighted by atomic mass is 16.5. The van der Waals surface area contributed by atoms with E-state index < -0.39 is 11.9 Å². The molecule has 2 aromatic heterocycles. The molecule has 0 radical (unpaired) electrons. The number of methoxy groups -OCH3 is 1. The lowest BCUT2D eigenvalue weighted by atomic mass is 10.2.